The van der Waals surface area contributed by atoms with Gasteiger partial charge in [0, 0.05) is 23.8 Å². The molecule has 0 unspecified atom stereocenters. The van der Waals surface area contributed by atoms with Crippen molar-refractivity contribution in [2.75, 3.05) is 25.0 Å². The number of hydrogen-bond donors (Lipinski definition) is 1. The number of ether oxygens (including phenoxy) is 1. The highest BCUT2D eigenvalue weighted by Crippen LogP contribution is 2.23. The van der Waals surface area contributed by atoms with Crippen molar-refractivity contribution in [3.05, 3.63) is 59.1 Å². The average molecular weight is 423 g/mol. The maximum Gasteiger partial charge on any atom is 0.338 e. The molecule has 1 aliphatic heterocycles. The third-order valence-electron chi connectivity index (χ3n) is 4.23. The number of esters is 1. The number of hydrogen-bond acceptors (Lipinski definition) is 5. The molecule has 3 rings (SSSR count). The minimum absolute atomic E-state index is 0.116. The van der Waals surface area contributed by atoms with Crippen LogP contribution in [0.15, 0.2) is 53.4 Å². The number of halogens is 1. The molecule has 9 heteroatoms. The third kappa shape index (κ3) is 4.89. The van der Waals surface area contributed by atoms with Crippen molar-refractivity contribution >= 4 is 39.2 Å². The Morgan fingerprint density at radius 1 is 1.07 bits per heavy atom. The summed E-state index contributed by atoms with van der Waals surface area (Å²) in [6.07, 6.45) is 1.68. The molecule has 148 valence electrons. The number of amides is 1. The molecule has 0 aliphatic carbocycles. The summed E-state index contributed by atoms with van der Waals surface area (Å²) in [4.78, 5) is 24.1. The largest absolute Gasteiger partial charge is 0.452 e. The zero-order valence-corrected chi connectivity index (χ0v) is 16.5. The molecule has 1 fully saturated rings. The van der Waals surface area contributed by atoms with Crippen LogP contribution in [0.2, 0.25) is 5.02 Å². The number of sulfonamides is 1. The van der Waals surface area contributed by atoms with Gasteiger partial charge in [0.05, 0.1) is 10.5 Å². The van der Waals surface area contributed by atoms with Crippen molar-refractivity contribution < 1.29 is 22.7 Å². The van der Waals surface area contributed by atoms with Crippen molar-refractivity contribution in [1.29, 1.82) is 0 Å². The molecule has 1 N–H and O–H groups in total. The lowest BCUT2D eigenvalue weighted by Gasteiger charge is -2.16. The van der Waals surface area contributed by atoms with Gasteiger partial charge in [-0.1, -0.05) is 17.7 Å². The van der Waals surface area contributed by atoms with Gasteiger partial charge in [-0.3, -0.25) is 4.79 Å². The van der Waals surface area contributed by atoms with Gasteiger partial charge < -0.3 is 10.1 Å². The molecular weight excluding hydrogens is 404 g/mol. The minimum Gasteiger partial charge on any atom is -0.452 e. The van der Waals surface area contributed by atoms with Crippen LogP contribution in [0, 0.1) is 0 Å². The van der Waals surface area contributed by atoms with Crippen LogP contribution in [0.1, 0.15) is 23.2 Å². The fourth-order valence-electron chi connectivity index (χ4n) is 2.81. The number of nitrogens with zero attached hydrogens (tertiary/aromatic N) is 1. The second kappa shape index (κ2) is 8.72. The molecule has 0 atom stereocenters. The van der Waals surface area contributed by atoms with Crippen molar-refractivity contribution in [3.8, 4) is 0 Å². The van der Waals surface area contributed by atoms with Gasteiger partial charge in [0.25, 0.3) is 5.91 Å². The van der Waals surface area contributed by atoms with Crippen LogP contribution in [0.4, 0.5) is 5.69 Å². The molecule has 0 saturated carbocycles. The van der Waals surface area contributed by atoms with Gasteiger partial charge in [-0.25, -0.2) is 13.2 Å². The van der Waals surface area contributed by atoms with E-state index in [0.717, 1.165) is 12.8 Å². The number of benzene rings is 2. The van der Waals surface area contributed by atoms with Gasteiger partial charge in [0.15, 0.2) is 6.61 Å². The van der Waals surface area contributed by atoms with Crippen LogP contribution in [-0.4, -0.2) is 44.3 Å². The Kier molecular flexibility index (Phi) is 6.33. The van der Waals surface area contributed by atoms with Gasteiger partial charge in [-0.2, -0.15) is 4.31 Å². The average Bonchev–Trinajstić information content (AvgIpc) is 3.22. The Bertz CT molecular complexity index is 970. The van der Waals surface area contributed by atoms with E-state index < -0.39 is 28.5 Å². The quantitative estimate of drug-likeness (QED) is 0.722. The lowest BCUT2D eigenvalue weighted by molar-refractivity contribution is -0.119. The maximum atomic E-state index is 12.6. The molecule has 7 nitrogen and oxygen atoms in total. The van der Waals surface area contributed by atoms with Crippen molar-refractivity contribution in [2.45, 2.75) is 17.7 Å². The summed E-state index contributed by atoms with van der Waals surface area (Å²) in [6.45, 7) is 0.504. The molecule has 1 heterocycles. The Morgan fingerprint density at radius 2 is 1.75 bits per heavy atom. The maximum absolute atomic E-state index is 12.6. The predicted octanol–water partition coefficient (Wildman–Crippen LogP) is 2.92. The fourth-order valence-corrected chi connectivity index (χ4v) is 4.50. The number of nitrogens with one attached hydrogen (secondary N) is 1. The monoisotopic (exact) mass is 422 g/mol. The molecule has 0 radical (unpaired) electrons. The summed E-state index contributed by atoms with van der Waals surface area (Å²) in [5.41, 5.74) is 0.587. The van der Waals surface area contributed by atoms with Crippen LogP contribution < -0.4 is 5.32 Å². The highest BCUT2D eigenvalue weighted by molar-refractivity contribution is 7.89. The van der Waals surface area contributed by atoms with Gasteiger partial charge in [-0.15, -0.1) is 0 Å². The van der Waals surface area contributed by atoms with Gasteiger partial charge in [0.2, 0.25) is 10.0 Å². The predicted molar refractivity (Wildman–Crippen MR) is 105 cm³/mol. The van der Waals surface area contributed by atoms with E-state index in [2.05, 4.69) is 5.32 Å². The number of carbonyl (C=O) groups is 2. The molecule has 1 saturated heterocycles. The summed E-state index contributed by atoms with van der Waals surface area (Å²) in [5.74, 6) is -1.23. The molecular formula is C19H19ClN2O5S. The molecule has 28 heavy (non-hydrogen) atoms. The first kappa shape index (κ1) is 20.3. The smallest absolute Gasteiger partial charge is 0.338 e. The van der Waals surface area contributed by atoms with E-state index in [1.54, 1.807) is 24.3 Å². The van der Waals surface area contributed by atoms with Crippen LogP contribution >= 0.6 is 11.6 Å². The fraction of sp³-hybridized carbons (Fsp3) is 0.263. The second-order valence-electron chi connectivity index (χ2n) is 6.27. The normalized spacial score (nSPS) is 14.6. The van der Waals surface area contributed by atoms with Crippen LogP contribution in [0.25, 0.3) is 0 Å². The zero-order chi connectivity index (χ0) is 20.1. The third-order valence-corrected chi connectivity index (χ3v) is 6.38. The van der Waals surface area contributed by atoms with Gasteiger partial charge in [0.1, 0.15) is 0 Å². The van der Waals surface area contributed by atoms with Crippen LogP contribution in [0.3, 0.4) is 0 Å². The number of rotatable bonds is 6. The lowest BCUT2D eigenvalue weighted by Crippen LogP contribution is -2.28. The van der Waals surface area contributed by atoms with Crippen molar-refractivity contribution in [3.63, 3.8) is 0 Å². The van der Waals surface area contributed by atoms with Crippen molar-refractivity contribution in [2.24, 2.45) is 0 Å². The van der Waals surface area contributed by atoms with Gasteiger partial charge in [-0.05, 0) is 55.3 Å². The summed E-state index contributed by atoms with van der Waals surface area (Å²) in [6, 6.07) is 12.1. The van der Waals surface area contributed by atoms with Gasteiger partial charge >= 0.3 is 5.97 Å². The summed E-state index contributed by atoms with van der Waals surface area (Å²) >= 11 is 5.76. The number of anilines is 1. The standard InChI is InChI=1S/C19H19ClN2O5S/c20-15-8-6-14(7-9-15)19(24)27-13-18(23)21-16-4-3-5-17(12-16)28(25,26)22-10-1-2-11-22/h3-9,12H,1-2,10-11,13H2,(H,21,23). The van der Waals surface area contributed by atoms with E-state index >= 15 is 0 Å². The van der Waals surface area contributed by atoms with Crippen molar-refractivity contribution in [1.82, 2.24) is 4.31 Å². The first-order valence-corrected chi connectivity index (χ1v) is 10.5. The second-order valence-corrected chi connectivity index (χ2v) is 8.64. The van der Waals surface area contributed by atoms with Crippen LogP contribution in [-0.2, 0) is 19.6 Å². The SMILES string of the molecule is O=C(COC(=O)c1ccc(Cl)cc1)Nc1cccc(S(=O)(=O)N2CCCC2)c1. The summed E-state index contributed by atoms with van der Waals surface area (Å²) in [7, 11) is -3.58. The highest BCUT2D eigenvalue weighted by atomic mass is 35.5. The van der Waals surface area contributed by atoms with E-state index in [1.807, 2.05) is 0 Å². The first-order valence-electron chi connectivity index (χ1n) is 8.69. The molecule has 0 bridgehead atoms. The van der Waals surface area contributed by atoms with E-state index in [1.165, 1.54) is 28.6 Å². The highest BCUT2D eigenvalue weighted by Gasteiger charge is 2.27. The zero-order valence-electron chi connectivity index (χ0n) is 14.9. The molecule has 1 aliphatic rings. The Morgan fingerprint density at radius 3 is 2.43 bits per heavy atom. The number of carbonyl (C=O) groups excluding carboxylic acids is 2. The molecule has 0 spiro atoms. The molecule has 2 aromatic carbocycles. The molecule has 1 amide bonds. The Labute approximate surface area is 168 Å². The van der Waals surface area contributed by atoms with E-state index in [0.29, 0.717) is 23.8 Å². The summed E-state index contributed by atoms with van der Waals surface area (Å²) < 4.78 is 31.6. The molecule has 2 aromatic rings. The van der Waals surface area contributed by atoms with E-state index in [-0.39, 0.29) is 10.5 Å². The van der Waals surface area contributed by atoms with Crippen LogP contribution in [0.5, 0.6) is 0 Å². The topological polar surface area (TPSA) is 92.8 Å². The molecule has 0 aromatic heterocycles. The first-order chi connectivity index (χ1) is 13.4. The minimum atomic E-state index is -3.58. The lowest BCUT2D eigenvalue weighted by atomic mass is 10.2. The Balaban J connectivity index is 1.60. The Hall–Kier alpha value is -2.42. The van der Waals surface area contributed by atoms with E-state index in [9.17, 15) is 18.0 Å². The summed E-state index contributed by atoms with van der Waals surface area (Å²) in [5, 5.41) is 3.03. The van der Waals surface area contributed by atoms with E-state index in [4.69, 9.17) is 16.3 Å².